The minimum atomic E-state index is -0.844. The number of carbonyl (C=O) groups is 2. The van der Waals surface area contributed by atoms with E-state index in [4.69, 9.17) is 34.8 Å². The highest BCUT2D eigenvalue weighted by Crippen LogP contribution is 2.24. The van der Waals surface area contributed by atoms with Crippen molar-refractivity contribution in [1.82, 2.24) is 0 Å². The lowest BCUT2D eigenvalue weighted by molar-refractivity contribution is -0.465. The van der Waals surface area contributed by atoms with Crippen molar-refractivity contribution >= 4 is 52.2 Å². The molecule has 0 radical (unpaired) electrons. The summed E-state index contributed by atoms with van der Waals surface area (Å²) in [7, 11) is 0. The molecule has 0 spiro atoms. The fourth-order valence-corrected chi connectivity index (χ4v) is 2.67. The van der Waals surface area contributed by atoms with E-state index in [1.54, 1.807) is 18.2 Å². The molecule has 0 saturated heterocycles. The molecule has 0 aliphatic rings. The molecule has 0 saturated carbocycles. The second kappa shape index (κ2) is 8.29. The van der Waals surface area contributed by atoms with Gasteiger partial charge >= 0.3 is 0 Å². The third-order valence-electron chi connectivity index (χ3n) is 3.17. The fourth-order valence-electron chi connectivity index (χ4n) is 2.06. The Morgan fingerprint density at radius 1 is 1.00 bits per heavy atom. The minimum Gasteiger partial charge on any atom is -0.326 e. The average molecular weight is 402 g/mol. The van der Waals surface area contributed by atoms with Gasteiger partial charge in [0, 0.05) is 16.2 Å². The van der Waals surface area contributed by atoms with Crippen LogP contribution in [0.3, 0.4) is 0 Å². The van der Waals surface area contributed by atoms with Gasteiger partial charge in [-0.1, -0.05) is 40.9 Å². The summed E-state index contributed by atoms with van der Waals surface area (Å²) in [5, 5.41) is 13.8. The maximum absolute atomic E-state index is 12.1. The van der Waals surface area contributed by atoms with Crippen LogP contribution in [0.5, 0.6) is 0 Å². The number of benzene rings is 2. The van der Waals surface area contributed by atoms with Crippen LogP contribution >= 0.6 is 34.8 Å². The zero-order valence-electron chi connectivity index (χ0n) is 12.6. The quantitative estimate of drug-likeness (QED) is 0.444. The molecule has 2 rings (SSSR count). The Morgan fingerprint density at radius 3 is 2.32 bits per heavy atom. The molecule has 2 aromatic rings. The van der Waals surface area contributed by atoms with Crippen LogP contribution in [-0.4, -0.2) is 23.2 Å². The summed E-state index contributed by atoms with van der Waals surface area (Å²) in [5.41, 5.74) is 1.07. The maximum Gasteiger partial charge on any atom is 0.265 e. The summed E-state index contributed by atoms with van der Waals surface area (Å²) >= 11 is 17.7. The third kappa shape index (κ3) is 5.42. The highest BCUT2D eigenvalue weighted by atomic mass is 35.5. The third-order valence-corrected chi connectivity index (χ3v) is 4.23. The zero-order chi connectivity index (χ0) is 18.6. The van der Waals surface area contributed by atoms with Gasteiger partial charge in [0.1, 0.15) is 0 Å². The van der Waals surface area contributed by atoms with Gasteiger partial charge in [-0.3, -0.25) is 19.7 Å². The summed E-state index contributed by atoms with van der Waals surface area (Å²) in [6.45, 7) is -0.844. The van der Waals surface area contributed by atoms with Crippen molar-refractivity contribution in [2.75, 3.05) is 11.9 Å². The van der Waals surface area contributed by atoms with E-state index in [2.05, 4.69) is 5.32 Å². The van der Waals surface area contributed by atoms with Gasteiger partial charge in [0.25, 0.3) is 6.54 Å². The molecular weight excluding hydrogens is 391 g/mol. The predicted molar refractivity (Wildman–Crippen MR) is 96.4 cm³/mol. The summed E-state index contributed by atoms with van der Waals surface area (Å²) in [4.78, 5) is 33.4. The molecule has 0 aliphatic heterocycles. The molecule has 0 fully saturated rings. The Balaban J connectivity index is 2.05. The van der Waals surface area contributed by atoms with E-state index in [1.807, 2.05) is 0 Å². The van der Waals surface area contributed by atoms with Crippen LogP contribution in [0.1, 0.15) is 15.9 Å². The molecule has 0 aliphatic carbocycles. The van der Waals surface area contributed by atoms with Crippen molar-refractivity contribution in [1.29, 1.82) is 0 Å². The Labute approximate surface area is 157 Å². The number of rotatable bonds is 6. The van der Waals surface area contributed by atoms with Gasteiger partial charge in [-0.2, -0.15) is 0 Å². The molecule has 0 atom stereocenters. The molecule has 0 heterocycles. The number of anilines is 1. The van der Waals surface area contributed by atoms with Crippen molar-refractivity contribution in [2.24, 2.45) is 0 Å². The molecular formula is C16H11Cl3N2O4. The van der Waals surface area contributed by atoms with Crippen LogP contribution in [0.15, 0.2) is 36.4 Å². The largest absolute Gasteiger partial charge is 0.326 e. The Bertz CT molecular complexity index is 855. The van der Waals surface area contributed by atoms with Gasteiger partial charge in [-0.05, 0) is 35.9 Å². The standard InChI is InChI=1S/C16H11Cl3N2O4/c17-12-4-1-9(5-14(12)19)6-16(23)20-10-2-3-11(13(18)7-10)15(22)8-21(24)25/h1-5,7H,6,8H2,(H,20,23). The van der Waals surface area contributed by atoms with Crippen LogP contribution in [0.4, 0.5) is 5.69 Å². The van der Waals surface area contributed by atoms with E-state index in [1.165, 1.54) is 18.2 Å². The van der Waals surface area contributed by atoms with Crippen LogP contribution in [-0.2, 0) is 11.2 Å². The number of carbonyl (C=O) groups excluding carboxylic acids is 2. The fraction of sp³-hybridized carbons (Fsp3) is 0.125. The normalized spacial score (nSPS) is 10.4. The Morgan fingerprint density at radius 2 is 1.72 bits per heavy atom. The van der Waals surface area contributed by atoms with Gasteiger partial charge in [0.15, 0.2) is 0 Å². The Hall–Kier alpha value is -2.15. The minimum absolute atomic E-state index is 0.0270. The van der Waals surface area contributed by atoms with Crippen molar-refractivity contribution in [2.45, 2.75) is 6.42 Å². The van der Waals surface area contributed by atoms with E-state index in [0.29, 0.717) is 21.3 Å². The molecule has 6 nitrogen and oxygen atoms in total. The molecule has 0 aromatic heterocycles. The molecule has 130 valence electrons. The smallest absolute Gasteiger partial charge is 0.265 e. The number of halogens is 3. The first kappa shape index (κ1) is 19.2. The van der Waals surface area contributed by atoms with Crippen molar-refractivity contribution in [3.8, 4) is 0 Å². The van der Waals surface area contributed by atoms with E-state index in [9.17, 15) is 19.7 Å². The van der Waals surface area contributed by atoms with Gasteiger partial charge in [0.05, 0.1) is 21.5 Å². The van der Waals surface area contributed by atoms with Crippen molar-refractivity contribution in [3.05, 3.63) is 72.7 Å². The number of hydrogen-bond donors (Lipinski definition) is 1. The van der Waals surface area contributed by atoms with E-state index in [-0.39, 0.29) is 22.9 Å². The molecule has 0 unspecified atom stereocenters. The second-order valence-electron chi connectivity index (χ2n) is 5.08. The van der Waals surface area contributed by atoms with E-state index < -0.39 is 17.3 Å². The first-order chi connectivity index (χ1) is 11.8. The van der Waals surface area contributed by atoms with Crippen LogP contribution in [0.2, 0.25) is 15.1 Å². The maximum atomic E-state index is 12.1. The SMILES string of the molecule is O=C(Cc1ccc(Cl)c(Cl)c1)Nc1ccc(C(=O)C[N+](=O)[O-])c(Cl)c1. The first-order valence-electron chi connectivity index (χ1n) is 6.94. The number of hydrogen-bond acceptors (Lipinski definition) is 4. The highest BCUT2D eigenvalue weighted by Gasteiger charge is 2.16. The van der Waals surface area contributed by atoms with Gasteiger partial charge in [-0.25, -0.2) is 0 Å². The summed E-state index contributed by atoms with van der Waals surface area (Å²) in [6, 6.07) is 9.02. The van der Waals surface area contributed by atoms with Crippen molar-refractivity contribution in [3.63, 3.8) is 0 Å². The number of nitro groups is 1. The lowest BCUT2D eigenvalue weighted by Crippen LogP contribution is -2.16. The molecule has 1 N–H and O–H groups in total. The summed E-state index contributed by atoms with van der Waals surface area (Å²) in [5.74, 6) is -1.03. The number of Topliss-reactive ketones (excluding diaryl/α,β-unsaturated/α-hetero) is 1. The molecule has 2 aromatic carbocycles. The molecule has 1 amide bonds. The number of amides is 1. The predicted octanol–water partition coefficient (Wildman–Crippen LogP) is 4.29. The molecule has 9 heteroatoms. The Kier molecular flexibility index (Phi) is 6.36. The average Bonchev–Trinajstić information content (AvgIpc) is 2.50. The summed E-state index contributed by atoms with van der Waals surface area (Å²) < 4.78 is 0. The first-order valence-corrected chi connectivity index (χ1v) is 8.08. The second-order valence-corrected chi connectivity index (χ2v) is 6.30. The molecule has 0 bridgehead atoms. The van der Waals surface area contributed by atoms with E-state index in [0.717, 1.165) is 0 Å². The monoisotopic (exact) mass is 400 g/mol. The van der Waals surface area contributed by atoms with E-state index >= 15 is 0 Å². The topological polar surface area (TPSA) is 89.3 Å². The number of nitrogens with one attached hydrogen (secondary N) is 1. The van der Waals surface area contributed by atoms with Gasteiger partial charge in [0.2, 0.25) is 11.7 Å². The zero-order valence-corrected chi connectivity index (χ0v) is 14.9. The van der Waals surface area contributed by atoms with Gasteiger partial charge < -0.3 is 5.32 Å². The van der Waals surface area contributed by atoms with Crippen LogP contribution < -0.4 is 5.32 Å². The molecule has 25 heavy (non-hydrogen) atoms. The van der Waals surface area contributed by atoms with Crippen LogP contribution in [0, 0.1) is 10.1 Å². The van der Waals surface area contributed by atoms with Crippen LogP contribution in [0.25, 0.3) is 0 Å². The van der Waals surface area contributed by atoms with Crippen molar-refractivity contribution < 1.29 is 14.5 Å². The number of nitrogens with zero attached hydrogens (tertiary/aromatic N) is 1. The lowest BCUT2D eigenvalue weighted by Gasteiger charge is -2.08. The van der Waals surface area contributed by atoms with Gasteiger partial charge in [-0.15, -0.1) is 0 Å². The summed E-state index contributed by atoms with van der Waals surface area (Å²) in [6.07, 6.45) is 0.0660. The number of ketones is 1. The highest BCUT2D eigenvalue weighted by molar-refractivity contribution is 6.42. The lowest BCUT2D eigenvalue weighted by atomic mass is 10.1.